The molecular formula is C21H22N4O3S. The normalized spacial score (nSPS) is 10.9. The Bertz CT molecular complexity index is 987. The molecule has 3 aromatic rings. The van der Waals surface area contributed by atoms with Crippen LogP contribution in [0.5, 0.6) is 5.75 Å². The Hall–Kier alpha value is -3.26. The van der Waals surface area contributed by atoms with E-state index in [9.17, 15) is 10.1 Å². The number of benzene rings is 2. The molecule has 0 atom stereocenters. The number of rotatable bonds is 10. The molecule has 0 amide bonds. The van der Waals surface area contributed by atoms with Crippen LogP contribution >= 0.6 is 11.3 Å². The van der Waals surface area contributed by atoms with Gasteiger partial charge in [-0.15, -0.1) is 11.3 Å². The Morgan fingerprint density at radius 2 is 2.10 bits per heavy atom. The molecule has 1 aromatic heterocycles. The first kappa shape index (κ1) is 20.5. The molecule has 0 aliphatic rings. The standard InChI is InChI=1S/C21H22N4O3S/c1-2-3-6-12-28-20-11-5-4-8-17(20)14-22-24-21-23-19(15-29-21)16-9-7-10-18(13-16)25(26)27/h4-5,7-11,13-15H,2-3,6,12H2,1H3,(H,23,24)/b22-14+. The average molecular weight is 410 g/mol. The number of nitro groups is 1. The Labute approximate surface area is 173 Å². The first-order chi connectivity index (χ1) is 14.2. The van der Waals surface area contributed by atoms with Crippen LogP contribution in [0.3, 0.4) is 0 Å². The number of unbranched alkanes of at least 4 members (excludes halogenated alkanes) is 2. The van der Waals surface area contributed by atoms with Crippen molar-refractivity contribution in [1.29, 1.82) is 0 Å². The van der Waals surface area contributed by atoms with Crippen LogP contribution in [0.1, 0.15) is 31.7 Å². The number of nitrogens with zero attached hydrogens (tertiary/aromatic N) is 3. The van der Waals surface area contributed by atoms with Crippen molar-refractivity contribution in [1.82, 2.24) is 4.98 Å². The topological polar surface area (TPSA) is 89.7 Å². The second kappa shape index (κ2) is 10.3. The van der Waals surface area contributed by atoms with Crippen molar-refractivity contribution in [2.24, 2.45) is 5.10 Å². The second-order valence-electron chi connectivity index (χ2n) is 6.31. The molecule has 8 heteroatoms. The first-order valence-corrected chi connectivity index (χ1v) is 10.3. The Morgan fingerprint density at radius 3 is 2.93 bits per heavy atom. The zero-order valence-corrected chi connectivity index (χ0v) is 16.9. The van der Waals surface area contributed by atoms with Gasteiger partial charge in [-0.05, 0) is 18.6 Å². The molecule has 0 aliphatic heterocycles. The van der Waals surface area contributed by atoms with Gasteiger partial charge in [-0.2, -0.15) is 5.10 Å². The fraction of sp³-hybridized carbons (Fsp3) is 0.238. The zero-order chi connectivity index (χ0) is 20.5. The minimum atomic E-state index is -0.416. The summed E-state index contributed by atoms with van der Waals surface area (Å²) in [6.07, 6.45) is 5.03. The minimum Gasteiger partial charge on any atom is -0.493 e. The van der Waals surface area contributed by atoms with Crippen LogP contribution in [0.2, 0.25) is 0 Å². The van der Waals surface area contributed by atoms with Gasteiger partial charge in [0.15, 0.2) is 0 Å². The van der Waals surface area contributed by atoms with Crippen LogP contribution in [0.15, 0.2) is 59.0 Å². The number of thiazole rings is 1. The lowest BCUT2D eigenvalue weighted by Gasteiger charge is -2.08. The van der Waals surface area contributed by atoms with Gasteiger partial charge < -0.3 is 4.74 Å². The summed E-state index contributed by atoms with van der Waals surface area (Å²) in [5.74, 6) is 0.797. The van der Waals surface area contributed by atoms with Crippen LogP contribution in [0.4, 0.5) is 10.8 Å². The number of aromatic nitrogens is 1. The van der Waals surface area contributed by atoms with E-state index in [1.165, 1.54) is 23.5 Å². The maximum atomic E-state index is 10.9. The van der Waals surface area contributed by atoms with Crippen molar-refractivity contribution in [2.45, 2.75) is 26.2 Å². The third kappa shape index (κ3) is 5.86. The lowest BCUT2D eigenvalue weighted by molar-refractivity contribution is -0.384. The summed E-state index contributed by atoms with van der Waals surface area (Å²) in [6, 6.07) is 14.1. The van der Waals surface area contributed by atoms with Crippen LogP contribution in [-0.2, 0) is 0 Å². The molecule has 1 N–H and O–H groups in total. The number of nitro benzene ring substituents is 1. The monoisotopic (exact) mass is 410 g/mol. The smallest absolute Gasteiger partial charge is 0.270 e. The van der Waals surface area contributed by atoms with Crippen LogP contribution in [-0.4, -0.2) is 22.7 Å². The molecule has 0 fully saturated rings. The number of ether oxygens (including phenoxy) is 1. The van der Waals surface area contributed by atoms with Crippen LogP contribution in [0, 0.1) is 10.1 Å². The molecule has 0 aliphatic carbocycles. The van der Waals surface area contributed by atoms with E-state index in [-0.39, 0.29) is 5.69 Å². The molecule has 3 rings (SSSR count). The molecule has 29 heavy (non-hydrogen) atoms. The number of hydrogen-bond acceptors (Lipinski definition) is 7. The quantitative estimate of drug-likeness (QED) is 0.199. The highest BCUT2D eigenvalue weighted by molar-refractivity contribution is 7.14. The molecule has 0 radical (unpaired) electrons. The summed E-state index contributed by atoms with van der Waals surface area (Å²) >= 11 is 1.38. The van der Waals surface area contributed by atoms with Crippen molar-refractivity contribution < 1.29 is 9.66 Å². The molecule has 0 bridgehead atoms. The van der Waals surface area contributed by atoms with E-state index in [0.29, 0.717) is 23.0 Å². The minimum absolute atomic E-state index is 0.0403. The van der Waals surface area contributed by atoms with Gasteiger partial charge in [0.1, 0.15) is 5.75 Å². The molecule has 2 aromatic carbocycles. The molecule has 150 valence electrons. The third-order valence-corrected chi connectivity index (χ3v) is 4.89. The van der Waals surface area contributed by atoms with Crippen molar-refractivity contribution >= 4 is 28.4 Å². The summed E-state index contributed by atoms with van der Waals surface area (Å²) in [5.41, 5.74) is 5.19. The second-order valence-corrected chi connectivity index (χ2v) is 7.17. The van der Waals surface area contributed by atoms with E-state index in [4.69, 9.17) is 4.74 Å². The van der Waals surface area contributed by atoms with Crippen molar-refractivity contribution in [3.8, 4) is 17.0 Å². The molecule has 0 saturated heterocycles. The van der Waals surface area contributed by atoms with Crippen LogP contribution in [0.25, 0.3) is 11.3 Å². The number of para-hydroxylation sites is 1. The van der Waals surface area contributed by atoms with Gasteiger partial charge in [0, 0.05) is 28.6 Å². The van der Waals surface area contributed by atoms with E-state index in [0.717, 1.165) is 30.6 Å². The van der Waals surface area contributed by atoms with Crippen molar-refractivity contribution in [3.05, 3.63) is 69.6 Å². The number of non-ortho nitro benzene ring substituents is 1. The number of hydrazone groups is 1. The Balaban J connectivity index is 1.63. The third-order valence-electron chi connectivity index (χ3n) is 4.15. The highest BCUT2D eigenvalue weighted by Gasteiger charge is 2.09. The molecule has 7 nitrogen and oxygen atoms in total. The van der Waals surface area contributed by atoms with Gasteiger partial charge in [-0.3, -0.25) is 15.5 Å². The van der Waals surface area contributed by atoms with Gasteiger partial charge in [0.25, 0.3) is 5.69 Å². The van der Waals surface area contributed by atoms with E-state index in [1.807, 2.05) is 29.6 Å². The predicted octanol–water partition coefficient (Wildman–Crippen LogP) is 5.73. The highest BCUT2D eigenvalue weighted by Crippen LogP contribution is 2.27. The fourth-order valence-corrected chi connectivity index (χ4v) is 3.31. The summed E-state index contributed by atoms with van der Waals surface area (Å²) in [4.78, 5) is 15.0. The summed E-state index contributed by atoms with van der Waals surface area (Å²) in [7, 11) is 0. The number of anilines is 1. The van der Waals surface area contributed by atoms with Gasteiger partial charge in [-0.25, -0.2) is 4.98 Å². The van der Waals surface area contributed by atoms with Crippen molar-refractivity contribution in [2.75, 3.05) is 12.0 Å². The van der Waals surface area contributed by atoms with Gasteiger partial charge in [0.2, 0.25) is 5.13 Å². The van der Waals surface area contributed by atoms with Gasteiger partial charge in [0.05, 0.1) is 23.4 Å². The lowest BCUT2D eigenvalue weighted by atomic mass is 10.1. The molecular weight excluding hydrogens is 388 g/mol. The zero-order valence-electron chi connectivity index (χ0n) is 16.1. The number of hydrogen-bond donors (Lipinski definition) is 1. The fourth-order valence-electron chi connectivity index (χ4n) is 2.65. The maximum Gasteiger partial charge on any atom is 0.270 e. The predicted molar refractivity (Wildman–Crippen MR) is 117 cm³/mol. The highest BCUT2D eigenvalue weighted by atomic mass is 32.1. The van der Waals surface area contributed by atoms with E-state index in [2.05, 4.69) is 22.4 Å². The first-order valence-electron chi connectivity index (χ1n) is 9.38. The lowest BCUT2D eigenvalue weighted by Crippen LogP contribution is -2.00. The average Bonchev–Trinajstić information content (AvgIpc) is 3.21. The Morgan fingerprint density at radius 1 is 1.24 bits per heavy atom. The van der Waals surface area contributed by atoms with E-state index >= 15 is 0 Å². The molecule has 0 saturated carbocycles. The van der Waals surface area contributed by atoms with E-state index < -0.39 is 4.92 Å². The molecule has 0 spiro atoms. The SMILES string of the molecule is CCCCCOc1ccccc1/C=N/Nc1nc(-c2cccc([N+](=O)[O-])c2)cs1. The summed E-state index contributed by atoms with van der Waals surface area (Å²) in [6.45, 7) is 2.85. The van der Waals surface area contributed by atoms with Crippen molar-refractivity contribution in [3.63, 3.8) is 0 Å². The Kier molecular flexibility index (Phi) is 7.29. The van der Waals surface area contributed by atoms with Gasteiger partial charge in [-0.1, -0.05) is 44.0 Å². The largest absolute Gasteiger partial charge is 0.493 e. The summed E-state index contributed by atoms with van der Waals surface area (Å²) in [5, 5.41) is 17.6. The maximum absolute atomic E-state index is 10.9. The number of nitrogens with one attached hydrogen (secondary N) is 1. The molecule has 0 unspecified atom stereocenters. The van der Waals surface area contributed by atoms with Gasteiger partial charge >= 0.3 is 0 Å². The van der Waals surface area contributed by atoms with Crippen LogP contribution < -0.4 is 10.2 Å². The van der Waals surface area contributed by atoms with E-state index in [1.54, 1.807) is 18.3 Å². The molecule has 1 heterocycles. The summed E-state index contributed by atoms with van der Waals surface area (Å²) < 4.78 is 5.85.